The first-order valence-electron chi connectivity index (χ1n) is 4.50. The first-order chi connectivity index (χ1) is 7.85. The molecule has 5 nitrogen and oxygen atoms in total. The van der Waals surface area contributed by atoms with Gasteiger partial charge >= 0.3 is 5.97 Å². The lowest BCUT2D eigenvalue weighted by Crippen LogP contribution is -2.15. The van der Waals surface area contributed by atoms with Crippen molar-refractivity contribution < 1.29 is 18.3 Å². The van der Waals surface area contributed by atoms with Crippen LogP contribution in [0.15, 0.2) is 30.9 Å². The molecule has 0 aliphatic carbocycles. The number of hydrogen-bond acceptors (Lipinski definition) is 3. The summed E-state index contributed by atoms with van der Waals surface area (Å²) >= 11 is 5.76. The molecule has 0 saturated carbocycles. The molecular weight excluding hydrogens is 266 g/mol. The Morgan fingerprint density at radius 1 is 1.53 bits per heavy atom. The smallest absolute Gasteiger partial charge is 0.335 e. The highest BCUT2D eigenvalue weighted by molar-refractivity contribution is 7.92. The highest BCUT2D eigenvalue weighted by Crippen LogP contribution is 2.24. The van der Waals surface area contributed by atoms with Crippen LogP contribution in [0, 0.1) is 0 Å². The number of carboxylic acids is 1. The fourth-order valence-corrected chi connectivity index (χ4v) is 2.29. The third kappa shape index (κ3) is 3.76. The van der Waals surface area contributed by atoms with Crippen molar-refractivity contribution in [3.63, 3.8) is 0 Å². The first kappa shape index (κ1) is 13.5. The van der Waals surface area contributed by atoms with Crippen molar-refractivity contribution in [2.75, 3.05) is 10.5 Å². The van der Waals surface area contributed by atoms with Crippen molar-refractivity contribution in [1.82, 2.24) is 0 Å². The van der Waals surface area contributed by atoms with Gasteiger partial charge in [0.05, 0.1) is 22.0 Å². The first-order valence-corrected chi connectivity index (χ1v) is 6.53. The average molecular weight is 276 g/mol. The van der Waals surface area contributed by atoms with E-state index in [2.05, 4.69) is 11.3 Å². The van der Waals surface area contributed by atoms with Crippen molar-refractivity contribution in [3.8, 4) is 0 Å². The largest absolute Gasteiger partial charge is 0.478 e. The summed E-state index contributed by atoms with van der Waals surface area (Å²) in [5.74, 6) is -1.38. The van der Waals surface area contributed by atoms with Crippen molar-refractivity contribution in [1.29, 1.82) is 0 Å². The highest BCUT2D eigenvalue weighted by Gasteiger charge is 2.12. The molecule has 0 aliphatic rings. The normalized spacial score (nSPS) is 10.9. The summed E-state index contributed by atoms with van der Waals surface area (Å²) in [6.45, 7) is 3.32. The van der Waals surface area contributed by atoms with Crippen LogP contribution in [0.5, 0.6) is 0 Å². The number of carboxylic acid groups (broad SMARTS) is 1. The van der Waals surface area contributed by atoms with Gasteiger partial charge in [0.1, 0.15) is 0 Å². The monoisotopic (exact) mass is 275 g/mol. The van der Waals surface area contributed by atoms with Gasteiger partial charge in [0, 0.05) is 0 Å². The van der Waals surface area contributed by atoms with E-state index in [1.165, 1.54) is 24.3 Å². The molecule has 1 aromatic rings. The fraction of sp³-hybridized carbons (Fsp3) is 0.100. The van der Waals surface area contributed by atoms with Crippen molar-refractivity contribution in [2.24, 2.45) is 0 Å². The second-order valence-corrected chi connectivity index (χ2v) is 5.35. The van der Waals surface area contributed by atoms with Crippen LogP contribution >= 0.6 is 11.6 Å². The van der Waals surface area contributed by atoms with Crippen molar-refractivity contribution in [3.05, 3.63) is 41.4 Å². The number of anilines is 1. The Labute approximate surface area is 104 Å². The molecule has 0 aliphatic heterocycles. The quantitative estimate of drug-likeness (QED) is 0.805. The van der Waals surface area contributed by atoms with Gasteiger partial charge in [-0.25, -0.2) is 13.2 Å². The molecule has 0 amide bonds. The van der Waals surface area contributed by atoms with Crippen LogP contribution in [0.2, 0.25) is 5.02 Å². The van der Waals surface area contributed by atoms with E-state index >= 15 is 0 Å². The number of hydrogen-bond donors (Lipinski definition) is 2. The van der Waals surface area contributed by atoms with Crippen LogP contribution in [0.1, 0.15) is 10.4 Å². The number of carbonyl (C=O) groups is 1. The minimum absolute atomic E-state index is 0.0123. The van der Waals surface area contributed by atoms with Crippen LogP contribution in [-0.2, 0) is 10.0 Å². The maximum atomic E-state index is 11.4. The number of sulfonamides is 1. The lowest BCUT2D eigenvalue weighted by Gasteiger charge is -2.08. The molecule has 92 valence electrons. The molecular formula is C10H10ClNO4S. The zero-order chi connectivity index (χ0) is 13.1. The van der Waals surface area contributed by atoms with Gasteiger partial charge in [-0.2, -0.15) is 0 Å². The van der Waals surface area contributed by atoms with Gasteiger partial charge in [-0.3, -0.25) is 4.72 Å². The summed E-state index contributed by atoms with van der Waals surface area (Å²) in [5.41, 5.74) is 0.125. The second-order valence-electron chi connectivity index (χ2n) is 3.17. The van der Waals surface area contributed by atoms with Gasteiger partial charge in [0.2, 0.25) is 10.0 Å². The molecule has 0 heterocycles. The topological polar surface area (TPSA) is 83.5 Å². The van der Waals surface area contributed by atoms with Crippen LogP contribution in [0.25, 0.3) is 0 Å². The van der Waals surface area contributed by atoms with Crippen LogP contribution < -0.4 is 4.72 Å². The molecule has 1 aromatic carbocycles. The van der Waals surface area contributed by atoms with E-state index in [0.29, 0.717) is 0 Å². The van der Waals surface area contributed by atoms with Crippen LogP contribution in [0.4, 0.5) is 5.69 Å². The minimum atomic E-state index is -3.54. The standard InChI is InChI=1S/C10H10ClNO4S/c1-2-5-17(15,16)12-9-4-3-7(10(13)14)6-8(9)11/h2-4,6,12H,1,5H2,(H,13,14). The van der Waals surface area contributed by atoms with Gasteiger partial charge in [-0.15, -0.1) is 6.58 Å². The zero-order valence-electron chi connectivity index (χ0n) is 8.68. The van der Waals surface area contributed by atoms with Gasteiger partial charge in [-0.1, -0.05) is 17.7 Å². The number of nitrogens with one attached hydrogen (secondary N) is 1. The Bertz CT molecular complexity index is 553. The number of aromatic carboxylic acids is 1. The molecule has 2 N–H and O–H groups in total. The zero-order valence-corrected chi connectivity index (χ0v) is 10.3. The van der Waals surface area contributed by atoms with E-state index in [-0.39, 0.29) is 22.0 Å². The summed E-state index contributed by atoms with van der Waals surface area (Å²) < 4.78 is 25.1. The molecule has 0 aromatic heterocycles. The lowest BCUT2D eigenvalue weighted by atomic mass is 10.2. The third-order valence-electron chi connectivity index (χ3n) is 1.82. The molecule has 0 bridgehead atoms. The lowest BCUT2D eigenvalue weighted by molar-refractivity contribution is 0.0697. The molecule has 0 radical (unpaired) electrons. The summed E-state index contributed by atoms with van der Waals surface area (Å²) in [5, 5.41) is 8.73. The molecule has 0 atom stereocenters. The van der Waals surface area contributed by atoms with Gasteiger partial charge < -0.3 is 5.11 Å². The molecule has 0 saturated heterocycles. The maximum absolute atomic E-state index is 11.4. The van der Waals surface area contributed by atoms with Gasteiger partial charge in [-0.05, 0) is 18.2 Å². The summed E-state index contributed by atoms with van der Waals surface area (Å²) in [4.78, 5) is 10.6. The van der Waals surface area contributed by atoms with E-state index in [1.807, 2.05) is 0 Å². The Balaban J connectivity index is 3.02. The third-order valence-corrected chi connectivity index (χ3v) is 3.34. The highest BCUT2D eigenvalue weighted by atomic mass is 35.5. The van der Waals surface area contributed by atoms with Gasteiger partial charge in [0.15, 0.2) is 0 Å². The number of rotatable bonds is 5. The van der Waals surface area contributed by atoms with Crippen molar-refractivity contribution in [2.45, 2.75) is 0 Å². The fourth-order valence-electron chi connectivity index (χ4n) is 1.10. The Morgan fingerprint density at radius 3 is 2.65 bits per heavy atom. The van der Waals surface area contributed by atoms with E-state index in [0.717, 1.165) is 0 Å². The summed E-state index contributed by atoms with van der Waals surface area (Å²) in [7, 11) is -3.54. The second kappa shape index (κ2) is 5.20. The number of halogens is 1. The SMILES string of the molecule is C=CCS(=O)(=O)Nc1ccc(C(=O)O)cc1Cl. The Morgan fingerprint density at radius 2 is 2.18 bits per heavy atom. The van der Waals surface area contributed by atoms with E-state index < -0.39 is 16.0 Å². The molecule has 1 rings (SSSR count). The number of benzene rings is 1. The van der Waals surface area contributed by atoms with E-state index in [9.17, 15) is 13.2 Å². The van der Waals surface area contributed by atoms with E-state index in [4.69, 9.17) is 16.7 Å². The molecule has 0 fully saturated rings. The summed E-state index contributed by atoms with van der Waals surface area (Å²) in [6.07, 6.45) is 1.24. The predicted octanol–water partition coefficient (Wildman–Crippen LogP) is 1.97. The van der Waals surface area contributed by atoms with Crippen LogP contribution in [0.3, 0.4) is 0 Å². The Kier molecular flexibility index (Phi) is 4.14. The molecule has 0 spiro atoms. The molecule has 7 heteroatoms. The predicted molar refractivity (Wildman–Crippen MR) is 66.0 cm³/mol. The summed E-state index contributed by atoms with van der Waals surface area (Å²) in [6, 6.07) is 3.74. The average Bonchev–Trinajstić information content (AvgIpc) is 2.20. The van der Waals surface area contributed by atoms with Crippen LogP contribution in [-0.4, -0.2) is 25.2 Å². The molecule has 17 heavy (non-hydrogen) atoms. The minimum Gasteiger partial charge on any atom is -0.478 e. The van der Waals surface area contributed by atoms with E-state index in [1.54, 1.807) is 0 Å². The van der Waals surface area contributed by atoms with Crippen molar-refractivity contribution >= 4 is 33.3 Å². The molecule has 0 unspecified atom stereocenters. The van der Waals surface area contributed by atoms with Gasteiger partial charge in [0.25, 0.3) is 0 Å². The Hall–Kier alpha value is -1.53. The maximum Gasteiger partial charge on any atom is 0.335 e.